The number of ketones is 1. The molecule has 3 rings (SSSR count). The average molecular weight is 470 g/mol. The van der Waals surface area contributed by atoms with Gasteiger partial charge >= 0.3 is 6.09 Å². The number of ether oxygens (including phenoxy) is 1. The quantitative estimate of drug-likeness (QED) is 0.309. The molecule has 0 bridgehead atoms. The van der Waals surface area contributed by atoms with Crippen LogP contribution in [0.3, 0.4) is 0 Å². The van der Waals surface area contributed by atoms with E-state index in [4.69, 9.17) is 14.3 Å². The maximum Gasteiger partial charge on any atom is 0.417 e. The van der Waals surface area contributed by atoms with Crippen molar-refractivity contribution in [1.82, 2.24) is 4.90 Å². The summed E-state index contributed by atoms with van der Waals surface area (Å²) in [5.41, 5.74) is 1.95. The molecule has 0 radical (unpaired) electrons. The number of aliphatic hydroxyl groups is 1. The van der Waals surface area contributed by atoms with E-state index in [1.165, 1.54) is 6.92 Å². The van der Waals surface area contributed by atoms with Gasteiger partial charge in [-0.2, -0.15) is 0 Å². The summed E-state index contributed by atoms with van der Waals surface area (Å²) >= 11 is 0. The van der Waals surface area contributed by atoms with Gasteiger partial charge in [-0.3, -0.25) is 9.59 Å². The Balaban J connectivity index is 1.91. The van der Waals surface area contributed by atoms with E-state index in [2.05, 4.69) is 0 Å². The molecule has 2 aromatic rings. The lowest BCUT2D eigenvalue weighted by Gasteiger charge is -2.31. The largest absolute Gasteiger partial charge is 0.457 e. The van der Waals surface area contributed by atoms with E-state index in [1.54, 1.807) is 19.9 Å². The molecule has 1 aromatic carbocycles. The van der Waals surface area contributed by atoms with Crippen LogP contribution in [0.4, 0.5) is 4.79 Å². The zero-order valence-corrected chi connectivity index (χ0v) is 20.9. The number of aryl methyl sites for hydroxylation is 2. The maximum absolute atomic E-state index is 13.3. The Morgan fingerprint density at radius 3 is 2.47 bits per heavy atom. The zero-order chi connectivity index (χ0) is 25.2. The molecule has 34 heavy (non-hydrogen) atoms. The Hall–Kier alpha value is -2.93. The molecule has 0 spiro atoms. The lowest BCUT2D eigenvalue weighted by Crippen LogP contribution is -2.50. The lowest BCUT2D eigenvalue weighted by atomic mass is 9.88. The highest BCUT2D eigenvalue weighted by Crippen LogP contribution is 2.36. The van der Waals surface area contributed by atoms with Crippen LogP contribution in [0.1, 0.15) is 69.3 Å². The number of nitrogens with zero attached hydrogens (tertiary/aromatic N) is 1. The monoisotopic (exact) mass is 469 g/mol. The molecule has 1 aliphatic rings. The zero-order valence-electron chi connectivity index (χ0n) is 20.9. The standard InChI is InChI=1S/C27H35NO6/c1-16(2)24-27(5,6)34-26(32)28(24)25(31)18(4)23(30)22-15-20(19-11-9-10-17(3)14-19)21(33-22)12-7-8-13-29/h9-11,14-16,18,24,29H,7-8,12-13H2,1-6H3/t18-,24-/m0/s1. The predicted molar refractivity (Wildman–Crippen MR) is 128 cm³/mol. The van der Waals surface area contributed by atoms with Gasteiger partial charge in [0.25, 0.3) is 0 Å². The average Bonchev–Trinajstić information content (AvgIpc) is 3.29. The number of Topliss-reactive ketones (excluding diaryl/α,β-unsaturated/α-hetero) is 1. The number of cyclic esters (lactones) is 1. The number of furan rings is 1. The molecule has 1 N–H and O–H groups in total. The Bertz CT molecular complexity index is 1070. The molecular weight excluding hydrogens is 434 g/mol. The van der Waals surface area contributed by atoms with Crippen molar-refractivity contribution in [2.45, 2.75) is 72.4 Å². The summed E-state index contributed by atoms with van der Waals surface area (Å²) in [6.45, 7) is 11.0. The summed E-state index contributed by atoms with van der Waals surface area (Å²) in [4.78, 5) is 40.3. The molecule has 2 amide bonds. The number of carbonyl (C=O) groups is 3. The van der Waals surface area contributed by atoms with E-state index in [9.17, 15) is 14.4 Å². The first-order chi connectivity index (χ1) is 16.0. The van der Waals surface area contributed by atoms with Crippen LogP contribution in [0.5, 0.6) is 0 Å². The third kappa shape index (κ3) is 5.09. The molecule has 1 fully saturated rings. The molecule has 0 unspecified atom stereocenters. The van der Waals surface area contributed by atoms with E-state index < -0.39 is 35.3 Å². The van der Waals surface area contributed by atoms with Gasteiger partial charge < -0.3 is 14.3 Å². The second-order valence-electron chi connectivity index (χ2n) is 9.95. The minimum atomic E-state index is -1.11. The maximum atomic E-state index is 13.3. The number of aliphatic hydroxyl groups excluding tert-OH is 1. The van der Waals surface area contributed by atoms with Gasteiger partial charge in [0.1, 0.15) is 17.3 Å². The van der Waals surface area contributed by atoms with Gasteiger partial charge in [0.05, 0.1) is 6.04 Å². The molecule has 184 valence electrons. The van der Waals surface area contributed by atoms with Crippen LogP contribution in [0.25, 0.3) is 11.1 Å². The van der Waals surface area contributed by atoms with Crippen molar-refractivity contribution >= 4 is 17.8 Å². The van der Waals surface area contributed by atoms with Crippen LogP contribution < -0.4 is 0 Å². The van der Waals surface area contributed by atoms with Gasteiger partial charge in [-0.1, -0.05) is 43.7 Å². The van der Waals surface area contributed by atoms with Crippen LogP contribution in [-0.4, -0.2) is 46.0 Å². The fourth-order valence-corrected chi connectivity index (χ4v) is 4.81. The first-order valence-corrected chi connectivity index (χ1v) is 11.9. The highest BCUT2D eigenvalue weighted by atomic mass is 16.6. The summed E-state index contributed by atoms with van der Waals surface area (Å²) in [5, 5.41) is 9.15. The number of rotatable bonds is 9. The van der Waals surface area contributed by atoms with Crippen molar-refractivity contribution in [3.8, 4) is 11.1 Å². The number of hydrogen-bond donors (Lipinski definition) is 1. The van der Waals surface area contributed by atoms with Gasteiger partial charge in [0, 0.05) is 18.6 Å². The van der Waals surface area contributed by atoms with Gasteiger partial charge in [-0.25, -0.2) is 9.69 Å². The summed E-state index contributed by atoms with van der Waals surface area (Å²) in [7, 11) is 0. The van der Waals surface area contributed by atoms with E-state index >= 15 is 0 Å². The molecule has 1 saturated heterocycles. The Morgan fingerprint density at radius 2 is 1.85 bits per heavy atom. The molecular formula is C27H35NO6. The van der Waals surface area contributed by atoms with Crippen LogP contribution in [0, 0.1) is 18.8 Å². The Morgan fingerprint density at radius 1 is 1.15 bits per heavy atom. The molecule has 7 heteroatoms. The summed E-state index contributed by atoms with van der Waals surface area (Å²) in [6.07, 6.45) is 1.16. The minimum Gasteiger partial charge on any atom is -0.457 e. The van der Waals surface area contributed by atoms with Crippen LogP contribution in [0.2, 0.25) is 0 Å². The molecule has 2 atom stereocenters. The van der Waals surface area contributed by atoms with Gasteiger partial charge in [0.15, 0.2) is 5.76 Å². The number of hydrogen-bond acceptors (Lipinski definition) is 6. The van der Waals surface area contributed by atoms with Crippen LogP contribution >= 0.6 is 0 Å². The molecule has 0 saturated carbocycles. The summed E-state index contributed by atoms with van der Waals surface area (Å²) in [5.74, 6) is -1.48. The lowest BCUT2D eigenvalue weighted by molar-refractivity contribution is -0.132. The van der Waals surface area contributed by atoms with Crippen molar-refractivity contribution in [3.63, 3.8) is 0 Å². The van der Waals surface area contributed by atoms with Crippen molar-refractivity contribution < 1.29 is 28.6 Å². The first-order valence-electron chi connectivity index (χ1n) is 11.9. The number of benzene rings is 1. The molecule has 1 aromatic heterocycles. The molecule has 0 aliphatic carbocycles. The predicted octanol–water partition coefficient (Wildman–Crippen LogP) is 5.17. The summed E-state index contributed by atoms with van der Waals surface area (Å²) < 4.78 is 11.4. The topological polar surface area (TPSA) is 97.1 Å². The molecule has 2 heterocycles. The number of amides is 2. The van der Waals surface area contributed by atoms with E-state index in [1.807, 2.05) is 45.0 Å². The van der Waals surface area contributed by atoms with Crippen LogP contribution in [-0.2, 0) is 16.0 Å². The van der Waals surface area contributed by atoms with Crippen molar-refractivity contribution in [2.24, 2.45) is 11.8 Å². The highest BCUT2D eigenvalue weighted by Gasteiger charge is 2.53. The van der Waals surface area contributed by atoms with Crippen molar-refractivity contribution in [3.05, 3.63) is 47.4 Å². The number of carbonyl (C=O) groups excluding carboxylic acids is 3. The van der Waals surface area contributed by atoms with Gasteiger partial charge in [-0.05, 0) is 58.1 Å². The third-order valence-electron chi connectivity index (χ3n) is 6.36. The first kappa shape index (κ1) is 25.7. The van der Waals surface area contributed by atoms with Gasteiger partial charge in [-0.15, -0.1) is 0 Å². The van der Waals surface area contributed by atoms with Gasteiger partial charge in [0.2, 0.25) is 11.7 Å². The fourth-order valence-electron chi connectivity index (χ4n) is 4.81. The van der Waals surface area contributed by atoms with E-state index in [0.29, 0.717) is 25.0 Å². The van der Waals surface area contributed by atoms with E-state index in [-0.39, 0.29) is 18.3 Å². The summed E-state index contributed by atoms with van der Waals surface area (Å²) in [6, 6.07) is 9.10. The van der Waals surface area contributed by atoms with Crippen LogP contribution in [0.15, 0.2) is 34.7 Å². The SMILES string of the molecule is Cc1cccc(-c2cc(C(=O)[C@H](C)C(=O)N3C(=O)OC(C)(C)[C@@H]3C(C)C)oc2CCCCO)c1. The second kappa shape index (κ2) is 10.1. The Kier molecular flexibility index (Phi) is 7.66. The Labute approximate surface area is 201 Å². The third-order valence-corrected chi connectivity index (χ3v) is 6.36. The number of unbranched alkanes of at least 4 members (excludes halogenated alkanes) is 1. The molecule has 1 aliphatic heterocycles. The second-order valence-corrected chi connectivity index (χ2v) is 9.95. The molecule has 7 nitrogen and oxygen atoms in total. The fraction of sp³-hybridized carbons (Fsp3) is 0.519. The smallest absolute Gasteiger partial charge is 0.417 e. The minimum absolute atomic E-state index is 0.0395. The highest BCUT2D eigenvalue weighted by molar-refractivity contribution is 6.12. The normalized spacial score (nSPS) is 18.3. The number of imide groups is 1. The van der Waals surface area contributed by atoms with Crippen molar-refractivity contribution in [1.29, 1.82) is 0 Å². The van der Waals surface area contributed by atoms with E-state index in [0.717, 1.165) is 21.6 Å². The van der Waals surface area contributed by atoms with Crippen molar-refractivity contribution in [2.75, 3.05) is 6.61 Å².